The van der Waals surface area contributed by atoms with Gasteiger partial charge in [-0.15, -0.1) is 0 Å². The Hall–Kier alpha value is -0.240. The van der Waals surface area contributed by atoms with Gasteiger partial charge < -0.3 is 29.6 Å². The number of ether oxygens (including phenoxy) is 4. The summed E-state index contributed by atoms with van der Waals surface area (Å²) in [5.41, 5.74) is 0.173. The average molecular weight is 389 g/mol. The van der Waals surface area contributed by atoms with Crippen LogP contribution in [0.1, 0.15) is 34.6 Å². The third kappa shape index (κ3) is 12.8. The Morgan fingerprint density at radius 3 is 1.37 bits per heavy atom. The van der Waals surface area contributed by atoms with Gasteiger partial charge in [-0.1, -0.05) is 34.6 Å². The number of hydrogen-bond acceptors (Lipinski definition) is 6. The predicted molar refractivity (Wildman–Crippen MR) is 110 cm³/mol. The molecular formula is C21H44N2O4. The van der Waals surface area contributed by atoms with Crippen molar-refractivity contribution in [1.82, 2.24) is 10.6 Å². The van der Waals surface area contributed by atoms with Crippen LogP contribution in [0, 0.1) is 23.2 Å². The van der Waals surface area contributed by atoms with Crippen LogP contribution in [-0.2, 0) is 18.9 Å². The molecule has 6 nitrogen and oxygen atoms in total. The standard InChI is InChI=1S/C21H44N2O4/c1-18(2)19-14-24-10-6-22-8-12-26-16-20(21(3,4)5)17-27-13-9-23-7-11-25-15-19/h18-20,22-23H,6-17H2,1-5H3. The van der Waals surface area contributed by atoms with E-state index in [0.717, 1.165) is 79.0 Å². The molecule has 0 aromatic rings. The molecule has 162 valence electrons. The van der Waals surface area contributed by atoms with Crippen LogP contribution in [0.5, 0.6) is 0 Å². The first kappa shape index (κ1) is 24.8. The minimum absolute atomic E-state index is 0.173. The minimum Gasteiger partial charge on any atom is -0.380 e. The van der Waals surface area contributed by atoms with Gasteiger partial charge in [-0.3, -0.25) is 0 Å². The van der Waals surface area contributed by atoms with Crippen LogP contribution in [0.4, 0.5) is 0 Å². The molecule has 1 rings (SSSR count). The zero-order chi connectivity index (χ0) is 20.0. The van der Waals surface area contributed by atoms with Crippen molar-refractivity contribution in [3.63, 3.8) is 0 Å². The van der Waals surface area contributed by atoms with Gasteiger partial charge in [0.2, 0.25) is 0 Å². The van der Waals surface area contributed by atoms with Gasteiger partial charge in [0.05, 0.1) is 52.9 Å². The van der Waals surface area contributed by atoms with Crippen LogP contribution in [0.15, 0.2) is 0 Å². The highest BCUT2D eigenvalue weighted by Crippen LogP contribution is 2.26. The molecule has 0 aromatic heterocycles. The van der Waals surface area contributed by atoms with Crippen molar-refractivity contribution in [2.45, 2.75) is 34.6 Å². The van der Waals surface area contributed by atoms with Gasteiger partial charge in [-0.2, -0.15) is 0 Å². The first-order chi connectivity index (χ1) is 12.9. The molecule has 0 aliphatic carbocycles. The van der Waals surface area contributed by atoms with Crippen molar-refractivity contribution in [2.75, 3.05) is 79.0 Å². The van der Waals surface area contributed by atoms with Crippen molar-refractivity contribution < 1.29 is 18.9 Å². The molecule has 1 heterocycles. The molecule has 0 bridgehead atoms. The van der Waals surface area contributed by atoms with Crippen molar-refractivity contribution in [1.29, 1.82) is 0 Å². The summed E-state index contributed by atoms with van der Waals surface area (Å²) in [5, 5.41) is 6.77. The molecule has 27 heavy (non-hydrogen) atoms. The summed E-state index contributed by atoms with van der Waals surface area (Å²) in [5.74, 6) is 1.39. The Morgan fingerprint density at radius 2 is 1.04 bits per heavy atom. The van der Waals surface area contributed by atoms with E-state index in [1.807, 2.05) is 0 Å². The Balaban J connectivity index is 2.39. The van der Waals surface area contributed by atoms with Gasteiger partial charge in [-0.05, 0) is 11.3 Å². The van der Waals surface area contributed by atoms with Crippen LogP contribution in [0.2, 0.25) is 0 Å². The maximum atomic E-state index is 5.89. The highest BCUT2D eigenvalue weighted by atomic mass is 16.5. The Kier molecular flexibility index (Phi) is 13.5. The van der Waals surface area contributed by atoms with E-state index in [9.17, 15) is 0 Å². The Morgan fingerprint density at radius 1 is 0.667 bits per heavy atom. The number of hydrogen-bond donors (Lipinski definition) is 2. The molecule has 0 amide bonds. The maximum absolute atomic E-state index is 5.89. The summed E-state index contributed by atoms with van der Waals surface area (Å²) in [6.45, 7) is 20.5. The topological polar surface area (TPSA) is 61.0 Å². The van der Waals surface area contributed by atoms with Gasteiger partial charge in [0, 0.05) is 38.0 Å². The molecule has 1 aliphatic rings. The molecule has 6 heteroatoms. The highest BCUT2D eigenvalue weighted by molar-refractivity contribution is 4.73. The van der Waals surface area contributed by atoms with E-state index in [0.29, 0.717) is 17.8 Å². The van der Waals surface area contributed by atoms with E-state index in [2.05, 4.69) is 45.3 Å². The third-order valence-corrected chi connectivity index (χ3v) is 5.16. The van der Waals surface area contributed by atoms with E-state index in [1.54, 1.807) is 0 Å². The van der Waals surface area contributed by atoms with Crippen LogP contribution < -0.4 is 10.6 Å². The van der Waals surface area contributed by atoms with Gasteiger partial charge in [-0.25, -0.2) is 0 Å². The molecule has 0 atom stereocenters. The maximum Gasteiger partial charge on any atom is 0.0591 e. The molecule has 0 radical (unpaired) electrons. The predicted octanol–water partition coefficient (Wildman–Crippen LogP) is 2.18. The van der Waals surface area contributed by atoms with E-state index in [4.69, 9.17) is 18.9 Å². The van der Waals surface area contributed by atoms with Gasteiger partial charge in [0.1, 0.15) is 0 Å². The molecule has 1 fully saturated rings. The molecule has 1 aliphatic heterocycles. The number of nitrogens with one attached hydrogen (secondary N) is 2. The largest absolute Gasteiger partial charge is 0.380 e. The normalized spacial score (nSPS) is 27.3. The second kappa shape index (κ2) is 14.7. The smallest absolute Gasteiger partial charge is 0.0591 e. The first-order valence-corrected chi connectivity index (χ1v) is 10.6. The number of rotatable bonds is 1. The molecule has 0 saturated carbocycles. The summed E-state index contributed by atoms with van der Waals surface area (Å²) >= 11 is 0. The zero-order valence-corrected chi connectivity index (χ0v) is 18.4. The summed E-state index contributed by atoms with van der Waals surface area (Å²) in [7, 11) is 0. The SMILES string of the molecule is CC(C)C1COCCNCCOCC(C(C)(C)C)COCCNCCOC1. The lowest BCUT2D eigenvalue weighted by molar-refractivity contribution is -0.00462. The fourth-order valence-electron chi connectivity index (χ4n) is 2.73. The lowest BCUT2D eigenvalue weighted by Crippen LogP contribution is -2.33. The zero-order valence-electron chi connectivity index (χ0n) is 18.4. The Labute approximate surface area is 167 Å². The molecular weight excluding hydrogens is 344 g/mol. The van der Waals surface area contributed by atoms with Crippen molar-refractivity contribution in [3.05, 3.63) is 0 Å². The summed E-state index contributed by atoms with van der Waals surface area (Å²) < 4.78 is 23.4. The van der Waals surface area contributed by atoms with E-state index in [-0.39, 0.29) is 5.41 Å². The van der Waals surface area contributed by atoms with Crippen LogP contribution in [-0.4, -0.2) is 79.0 Å². The fourth-order valence-corrected chi connectivity index (χ4v) is 2.73. The highest BCUT2D eigenvalue weighted by Gasteiger charge is 2.25. The molecule has 2 N–H and O–H groups in total. The van der Waals surface area contributed by atoms with Crippen molar-refractivity contribution in [3.8, 4) is 0 Å². The van der Waals surface area contributed by atoms with Crippen molar-refractivity contribution in [2.24, 2.45) is 23.2 Å². The second-order valence-corrected chi connectivity index (χ2v) is 8.87. The van der Waals surface area contributed by atoms with Crippen LogP contribution >= 0.6 is 0 Å². The summed E-state index contributed by atoms with van der Waals surface area (Å²) in [4.78, 5) is 0. The van der Waals surface area contributed by atoms with Crippen molar-refractivity contribution >= 4 is 0 Å². The monoisotopic (exact) mass is 388 g/mol. The summed E-state index contributed by atoms with van der Waals surface area (Å²) in [6.07, 6.45) is 0. The lowest BCUT2D eigenvalue weighted by Gasteiger charge is -2.30. The van der Waals surface area contributed by atoms with Crippen LogP contribution in [0.3, 0.4) is 0 Å². The van der Waals surface area contributed by atoms with Gasteiger partial charge in [0.25, 0.3) is 0 Å². The fraction of sp³-hybridized carbons (Fsp3) is 1.00. The van der Waals surface area contributed by atoms with E-state index < -0.39 is 0 Å². The Bertz CT molecular complexity index is 326. The van der Waals surface area contributed by atoms with Crippen LogP contribution in [0.25, 0.3) is 0 Å². The molecule has 1 saturated heterocycles. The average Bonchev–Trinajstić information content (AvgIpc) is 2.59. The third-order valence-electron chi connectivity index (χ3n) is 5.16. The van der Waals surface area contributed by atoms with E-state index >= 15 is 0 Å². The second-order valence-electron chi connectivity index (χ2n) is 8.87. The molecule has 0 aromatic carbocycles. The lowest BCUT2D eigenvalue weighted by atomic mass is 9.82. The molecule has 0 unspecified atom stereocenters. The van der Waals surface area contributed by atoms with Gasteiger partial charge >= 0.3 is 0 Å². The minimum atomic E-state index is 0.173. The van der Waals surface area contributed by atoms with Gasteiger partial charge in [0.15, 0.2) is 0 Å². The summed E-state index contributed by atoms with van der Waals surface area (Å²) in [6, 6.07) is 0. The van der Waals surface area contributed by atoms with E-state index in [1.165, 1.54) is 0 Å². The first-order valence-electron chi connectivity index (χ1n) is 10.6. The quantitative estimate of drug-likeness (QED) is 0.718. The molecule has 0 spiro atoms.